The third-order valence-corrected chi connectivity index (χ3v) is 2.78. The summed E-state index contributed by atoms with van der Waals surface area (Å²) < 4.78 is 0. The van der Waals surface area contributed by atoms with Gasteiger partial charge in [0, 0.05) is 5.69 Å². The monoisotopic (exact) mass is 191 g/mol. The molecule has 0 saturated heterocycles. The Morgan fingerprint density at radius 3 is 3.00 bits per heavy atom. The van der Waals surface area contributed by atoms with Crippen molar-refractivity contribution >= 4 is 11.7 Å². The molecule has 1 aliphatic rings. The smallest absolute Gasteiger partial charge is 0.310 e. The van der Waals surface area contributed by atoms with Gasteiger partial charge in [-0.3, -0.25) is 4.79 Å². The molecule has 74 valence electrons. The minimum absolute atomic E-state index is 0.359. The molecule has 0 fully saturated rings. The quantitative estimate of drug-likeness (QED) is 0.665. The highest BCUT2D eigenvalue weighted by atomic mass is 16.4. The van der Waals surface area contributed by atoms with Gasteiger partial charge in [-0.25, -0.2) is 0 Å². The van der Waals surface area contributed by atoms with Crippen LogP contribution < -0.4 is 5.73 Å². The highest BCUT2D eigenvalue weighted by molar-refractivity contribution is 5.77. The summed E-state index contributed by atoms with van der Waals surface area (Å²) in [6, 6.07) is 5.58. The van der Waals surface area contributed by atoms with Crippen molar-refractivity contribution in [1.82, 2.24) is 0 Å². The first-order valence-electron chi connectivity index (χ1n) is 4.79. The summed E-state index contributed by atoms with van der Waals surface area (Å²) in [6.45, 7) is 0. The van der Waals surface area contributed by atoms with Gasteiger partial charge in [-0.15, -0.1) is 0 Å². The standard InChI is InChI=1S/C11H13NO2/c12-8-5-4-7-2-1-3-9(11(13)14)10(7)6-8/h4-6,9H,1-3,12H2,(H,13,14). The number of hydrogen-bond acceptors (Lipinski definition) is 2. The molecule has 0 amide bonds. The van der Waals surface area contributed by atoms with Crippen LogP contribution in [0.15, 0.2) is 18.2 Å². The second-order valence-corrected chi connectivity index (χ2v) is 3.74. The zero-order valence-corrected chi connectivity index (χ0v) is 7.86. The summed E-state index contributed by atoms with van der Waals surface area (Å²) in [5.41, 5.74) is 8.34. The van der Waals surface area contributed by atoms with Gasteiger partial charge in [0.25, 0.3) is 0 Å². The van der Waals surface area contributed by atoms with Crippen molar-refractivity contribution in [1.29, 1.82) is 0 Å². The van der Waals surface area contributed by atoms with Gasteiger partial charge in [-0.2, -0.15) is 0 Å². The van der Waals surface area contributed by atoms with E-state index in [1.54, 1.807) is 6.07 Å². The first kappa shape index (κ1) is 9.06. The maximum absolute atomic E-state index is 11.0. The summed E-state index contributed by atoms with van der Waals surface area (Å²) in [7, 11) is 0. The lowest BCUT2D eigenvalue weighted by molar-refractivity contribution is -0.139. The van der Waals surface area contributed by atoms with Crippen molar-refractivity contribution in [2.24, 2.45) is 0 Å². The summed E-state index contributed by atoms with van der Waals surface area (Å²) in [4.78, 5) is 11.0. The molecule has 1 unspecified atom stereocenters. The Labute approximate surface area is 82.5 Å². The number of hydrogen-bond donors (Lipinski definition) is 2. The first-order chi connectivity index (χ1) is 6.68. The maximum Gasteiger partial charge on any atom is 0.310 e. The molecule has 0 bridgehead atoms. The SMILES string of the molecule is Nc1ccc2c(c1)C(C(=O)O)CCC2. The second kappa shape index (κ2) is 3.33. The number of anilines is 1. The van der Waals surface area contributed by atoms with E-state index >= 15 is 0 Å². The van der Waals surface area contributed by atoms with Crippen LogP contribution in [0.2, 0.25) is 0 Å². The van der Waals surface area contributed by atoms with E-state index < -0.39 is 5.97 Å². The molecule has 0 spiro atoms. The van der Waals surface area contributed by atoms with Gasteiger partial charge in [0.15, 0.2) is 0 Å². The van der Waals surface area contributed by atoms with Crippen molar-refractivity contribution in [3.63, 3.8) is 0 Å². The molecule has 3 heteroatoms. The van der Waals surface area contributed by atoms with Crippen LogP contribution in [-0.4, -0.2) is 11.1 Å². The molecule has 1 aromatic rings. The molecule has 14 heavy (non-hydrogen) atoms. The predicted molar refractivity (Wildman–Crippen MR) is 54.2 cm³/mol. The Balaban J connectivity index is 2.46. The molecule has 1 aromatic carbocycles. The lowest BCUT2D eigenvalue weighted by Gasteiger charge is -2.22. The molecule has 1 aliphatic carbocycles. The van der Waals surface area contributed by atoms with Gasteiger partial charge >= 0.3 is 5.97 Å². The Bertz CT molecular complexity index is 374. The van der Waals surface area contributed by atoms with Gasteiger partial charge in [0.1, 0.15) is 0 Å². The van der Waals surface area contributed by atoms with E-state index in [0.29, 0.717) is 5.69 Å². The minimum atomic E-state index is -0.739. The van der Waals surface area contributed by atoms with Crippen molar-refractivity contribution in [3.8, 4) is 0 Å². The Morgan fingerprint density at radius 2 is 2.29 bits per heavy atom. The molecule has 0 saturated carbocycles. The Kier molecular flexibility index (Phi) is 2.15. The molecule has 1 atom stereocenters. The van der Waals surface area contributed by atoms with Crippen LogP contribution in [0, 0.1) is 0 Å². The average Bonchev–Trinajstić information content (AvgIpc) is 2.16. The number of benzene rings is 1. The van der Waals surface area contributed by atoms with Crippen LogP contribution in [0.25, 0.3) is 0 Å². The number of rotatable bonds is 1. The number of aliphatic carboxylic acids is 1. The van der Waals surface area contributed by atoms with Crippen LogP contribution in [0.1, 0.15) is 29.9 Å². The summed E-state index contributed by atoms with van der Waals surface area (Å²) in [5, 5.41) is 9.04. The molecule has 0 aromatic heterocycles. The van der Waals surface area contributed by atoms with Gasteiger partial charge in [-0.05, 0) is 42.5 Å². The normalized spacial score (nSPS) is 20.1. The summed E-state index contributed by atoms with van der Waals surface area (Å²) in [5.74, 6) is -1.10. The molecular weight excluding hydrogens is 178 g/mol. The van der Waals surface area contributed by atoms with E-state index in [-0.39, 0.29) is 5.92 Å². The van der Waals surface area contributed by atoms with Crippen LogP contribution in [0.5, 0.6) is 0 Å². The molecule has 2 rings (SSSR count). The summed E-state index contributed by atoms with van der Waals surface area (Å²) >= 11 is 0. The lowest BCUT2D eigenvalue weighted by atomic mass is 9.83. The average molecular weight is 191 g/mol. The highest BCUT2D eigenvalue weighted by Crippen LogP contribution is 2.32. The molecule has 3 N–H and O–H groups in total. The van der Waals surface area contributed by atoms with Gasteiger partial charge in [-0.1, -0.05) is 6.07 Å². The number of fused-ring (bicyclic) bond motifs is 1. The van der Waals surface area contributed by atoms with E-state index in [4.69, 9.17) is 10.8 Å². The fourth-order valence-electron chi connectivity index (χ4n) is 2.07. The Hall–Kier alpha value is -1.51. The van der Waals surface area contributed by atoms with Crippen molar-refractivity contribution in [2.45, 2.75) is 25.2 Å². The number of carboxylic acids is 1. The Morgan fingerprint density at radius 1 is 1.50 bits per heavy atom. The third kappa shape index (κ3) is 1.45. The van der Waals surface area contributed by atoms with E-state index in [1.807, 2.05) is 12.1 Å². The van der Waals surface area contributed by atoms with E-state index in [9.17, 15) is 4.79 Å². The molecule has 0 heterocycles. The number of carbonyl (C=O) groups is 1. The molecular formula is C11H13NO2. The van der Waals surface area contributed by atoms with Crippen LogP contribution in [0.3, 0.4) is 0 Å². The lowest BCUT2D eigenvalue weighted by Crippen LogP contribution is -2.18. The van der Waals surface area contributed by atoms with E-state index in [0.717, 1.165) is 30.4 Å². The number of nitrogens with two attached hydrogens (primary N) is 1. The van der Waals surface area contributed by atoms with Gasteiger partial charge in [0.2, 0.25) is 0 Å². The number of carboxylic acid groups (broad SMARTS) is 1. The van der Waals surface area contributed by atoms with Crippen molar-refractivity contribution < 1.29 is 9.90 Å². The van der Waals surface area contributed by atoms with Crippen LogP contribution in [-0.2, 0) is 11.2 Å². The van der Waals surface area contributed by atoms with Gasteiger partial charge < -0.3 is 10.8 Å². The zero-order valence-electron chi connectivity index (χ0n) is 7.86. The molecule has 3 nitrogen and oxygen atoms in total. The zero-order chi connectivity index (χ0) is 10.1. The topological polar surface area (TPSA) is 63.3 Å². The predicted octanol–water partition coefficient (Wildman–Crippen LogP) is 1.77. The number of nitrogen functional groups attached to an aromatic ring is 1. The van der Waals surface area contributed by atoms with Crippen LogP contribution >= 0.6 is 0 Å². The van der Waals surface area contributed by atoms with E-state index in [1.165, 1.54) is 0 Å². The molecule has 0 aliphatic heterocycles. The first-order valence-corrected chi connectivity index (χ1v) is 4.79. The molecule has 0 radical (unpaired) electrons. The third-order valence-electron chi connectivity index (χ3n) is 2.78. The van der Waals surface area contributed by atoms with Crippen molar-refractivity contribution in [3.05, 3.63) is 29.3 Å². The minimum Gasteiger partial charge on any atom is -0.481 e. The highest BCUT2D eigenvalue weighted by Gasteiger charge is 2.25. The fraction of sp³-hybridized carbons (Fsp3) is 0.364. The number of aryl methyl sites for hydroxylation is 1. The van der Waals surface area contributed by atoms with Crippen LogP contribution in [0.4, 0.5) is 5.69 Å². The second-order valence-electron chi connectivity index (χ2n) is 3.74. The summed E-state index contributed by atoms with van der Waals surface area (Å²) in [6.07, 6.45) is 2.65. The van der Waals surface area contributed by atoms with Gasteiger partial charge in [0.05, 0.1) is 5.92 Å². The largest absolute Gasteiger partial charge is 0.481 e. The van der Waals surface area contributed by atoms with E-state index in [2.05, 4.69) is 0 Å². The maximum atomic E-state index is 11.0. The van der Waals surface area contributed by atoms with Crippen molar-refractivity contribution in [2.75, 3.05) is 5.73 Å². The fourth-order valence-corrected chi connectivity index (χ4v) is 2.07.